The van der Waals surface area contributed by atoms with Crippen LogP contribution in [0.5, 0.6) is 5.75 Å². The van der Waals surface area contributed by atoms with Crippen molar-refractivity contribution >= 4 is 35.1 Å². The Morgan fingerprint density at radius 2 is 2.16 bits per heavy atom. The zero-order chi connectivity index (χ0) is 22.5. The van der Waals surface area contributed by atoms with E-state index in [0.717, 1.165) is 56.1 Å². The van der Waals surface area contributed by atoms with Gasteiger partial charge in [0.2, 0.25) is 0 Å². The lowest BCUT2D eigenvalue weighted by Gasteiger charge is -2.27. The van der Waals surface area contributed by atoms with E-state index in [4.69, 9.17) is 25.8 Å². The Hall–Kier alpha value is -0.370. The second-order valence-corrected chi connectivity index (χ2v) is 11.1. The molecule has 3 aliphatic rings. The van der Waals surface area contributed by atoms with E-state index in [1.807, 2.05) is 0 Å². The molecule has 1 saturated carbocycles. The molecule has 178 valence electrons. The molecule has 4 nitrogen and oxygen atoms in total. The van der Waals surface area contributed by atoms with Gasteiger partial charge in [0.05, 0.1) is 6.10 Å². The van der Waals surface area contributed by atoms with E-state index in [-0.39, 0.29) is 35.6 Å². The van der Waals surface area contributed by atoms with Crippen molar-refractivity contribution in [1.29, 1.82) is 0 Å². The number of aliphatic hydroxyl groups is 1. The Balaban J connectivity index is 1.42. The highest BCUT2D eigenvalue weighted by atomic mass is 35.5. The molecule has 4 rings (SSSR count). The molecule has 1 N–H and O–H groups in total. The Morgan fingerprint density at radius 3 is 2.91 bits per heavy atom. The zero-order valence-electron chi connectivity index (χ0n) is 19.0. The third-order valence-corrected chi connectivity index (χ3v) is 8.52. The number of hydrogen-bond acceptors (Lipinski definition) is 6. The van der Waals surface area contributed by atoms with Gasteiger partial charge in [-0.15, -0.1) is 11.8 Å². The highest BCUT2D eigenvalue weighted by Gasteiger charge is 2.52. The number of benzene rings is 1. The van der Waals surface area contributed by atoms with Crippen LogP contribution in [-0.4, -0.2) is 54.6 Å². The molecule has 7 heteroatoms. The second kappa shape index (κ2) is 11.9. The number of aliphatic hydroxyl groups excluding tert-OH is 1. The van der Waals surface area contributed by atoms with Gasteiger partial charge in [-0.3, -0.25) is 0 Å². The fourth-order valence-electron chi connectivity index (χ4n) is 5.38. The number of ether oxygens (including phenoxy) is 3. The minimum absolute atomic E-state index is 0.0187. The number of aryl methyl sites for hydroxylation is 1. The van der Waals surface area contributed by atoms with Crippen molar-refractivity contribution in [3.05, 3.63) is 39.8 Å². The quantitative estimate of drug-likeness (QED) is 0.397. The number of hydrogen-bond donors (Lipinski definition) is 1. The molecular formula is C25H35ClO4S2. The van der Waals surface area contributed by atoms with Crippen LogP contribution >= 0.6 is 35.1 Å². The molecule has 4 unspecified atom stereocenters. The van der Waals surface area contributed by atoms with Crippen LogP contribution < -0.4 is 4.74 Å². The van der Waals surface area contributed by atoms with Crippen LogP contribution in [0.1, 0.15) is 55.6 Å². The van der Waals surface area contributed by atoms with Crippen LogP contribution in [0.15, 0.2) is 23.6 Å². The Morgan fingerprint density at radius 1 is 1.28 bits per heavy atom. The lowest BCUT2D eigenvalue weighted by molar-refractivity contribution is -0.162. The van der Waals surface area contributed by atoms with Crippen molar-refractivity contribution in [2.45, 2.75) is 74.6 Å². The number of thioether (sulfide) groups is 2. The lowest BCUT2D eigenvalue weighted by atomic mass is 9.84. The Labute approximate surface area is 205 Å². The van der Waals surface area contributed by atoms with Gasteiger partial charge in [-0.05, 0) is 74.1 Å². The van der Waals surface area contributed by atoms with E-state index in [2.05, 4.69) is 36.1 Å². The van der Waals surface area contributed by atoms with Gasteiger partial charge in [0.15, 0.2) is 6.29 Å². The third kappa shape index (κ3) is 5.64. The summed E-state index contributed by atoms with van der Waals surface area (Å²) in [5, 5.41) is 14.0. The third-order valence-electron chi connectivity index (χ3n) is 6.86. The maximum atomic E-state index is 10.9. The van der Waals surface area contributed by atoms with Crippen molar-refractivity contribution in [1.82, 2.24) is 0 Å². The molecule has 1 aromatic carbocycles. The van der Waals surface area contributed by atoms with Gasteiger partial charge in [0.1, 0.15) is 11.9 Å². The number of fused-ring (bicyclic) bond motifs is 3. The summed E-state index contributed by atoms with van der Waals surface area (Å²) >= 11 is 10.1. The smallest absolute Gasteiger partial charge is 0.157 e. The summed E-state index contributed by atoms with van der Waals surface area (Å²) in [6, 6.07) is 4.12. The fraction of sp³-hybridized carbons (Fsp3) is 0.680. The van der Waals surface area contributed by atoms with Crippen LogP contribution in [0.2, 0.25) is 5.02 Å². The first-order valence-corrected chi connectivity index (χ1v) is 14.7. The van der Waals surface area contributed by atoms with Crippen LogP contribution in [0.4, 0.5) is 0 Å². The summed E-state index contributed by atoms with van der Waals surface area (Å²) in [5.41, 5.74) is 2.37. The molecule has 1 saturated heterocycles. The number of halogens is 1. The lowest BCUT2D eigenvalue weighted by Crippen LogP contribution is -2.28. The highest BCUT2D eigenvalue weighted by molar-refractivity contribution is 8.01. The first-order valence-electron chi connectivity index (χ1n) is 11.7. The normalized spacial score (nSPS) is 30.3. The molecule has 0 bridgehead atoms. The van der Waals surface area contributed by atoms with Crippen molar-refractivity contribution in [2.24, 2.45) is 5.92 Å². The van der Waals surface area contributed by atoms with Gasteiger partial charge < -0.3 is 19.3 Å². The Bertz CT molecular complexity index is 783. The molecule has 1 aliphatic carbocycles. The molecule has 0 aromatic heterocycles. The van der Waals surface area contributed by atoms with Crippen LogP contribution in [0.25, 0.3) is 0 Å². The fourth-order valence-corrected chi connectivity index (χ4v) is 6.95. The molecule has 2 fully saturated rings. The van der Waals surface area contributed by atoms with Crippen molar-refractivity contribution in [2.75, 3.05) is 25.7 Å². The van der Waals surface area contributed by atoms with Gasteiger partial charge >= 0.3 is 0 Å². The van der Waals surface area contributed by atoms with E-state index >= 15 is 0 Å². The van der Waals surface area contributed by atoms with Gasteiger partial charge in [-0.1, -0.05) is 17.7 Å². The largest absolute Gasteiger partial charge is 0.489 e. The van der Waals surface area contributed by atoms with Gasteiger partial charge in [-0.25, -0.2) is 0 Å². The average Bonchev–Trinajstić information content (AvgIpc) is 3.30. The molecule has 32 heavy (non-hydrogen) atoms. The van der Waals surface area contributed by atoms with Crippen molar-refractivity contribution in [3.63, 3.8) is 0 Å². The second-order valence-electron chi connectivity index (χ2n) is 8.93. The minimum Gasteiger partial charge on any atom is -0.489 e. The van der Waals surface area contributed by atoms with E-state index < -0.39 is 0 Å². The number of unbranched alkanes of at least 4 members (excludes halogenated alkanes) is 1. The summed E-state index contributed by atoms with van der Waals surface area (Å²) in [6.45, 7) is 1.55. The first kappa shape index (κ1) is 24.7. The van der Waals surface area contributed by atoms with E-state index in [9.17, 15) is 5.11 Å². The average molecular weight is 499 g/mol. The summed E-state index contributed by atoms with van der Waals surface area (Å²) < 4.78 is 18.0. The number of rotatable bonds is 10. The monoisotopic (exact) mass is 498 g/mol. The Kier molecular flexibility index (Phi) is 9.17. The summed E-state index contributed by atoms with van der Waals surface area (Å²) in [6.07, 6.45) is 13.0. The molecule has 1 aromatic rings. The predicted octanol–water partition coefficient (Wildman–Crippen LogP) is 6.04. The van der Waals surface area contributed by atoms with Crippen LogP contribution in [-0.2, 0) is 15.9 Å². The molecule has 0 spiro atoms. The topological polar surface area (TPSA) is 47.9 Å². The van der Waals surface area contributed by atoms with Gasteiger partial charge in [0, 0.05) is 47.3 Å². The zero-order valence-corrected chi connectivity index (χ0v) is 21.4. The predicted molar refractivity (Wildman–Crippen MR) is 135 cm³/mol. The minimum atomic E-state index is -0.358. The highest BCUT2D eigenvalue weighted by Crippen LogP contribution is 2.54. The molecule has 2 aliphatic heterocycles. The summed E-state index contributed by atoms with van der Waals surface area (Å²) in [7, 11) is 0. The molecule has 0 radical (unpaired) electrons. The molecule has 6 atom stereocenters. The first-order chi connectivity index (χ1) is 15.6. The van der Waals surface area contributed by atoms with Gasteiger partial charge in [0.25, 0.3) is 0 Å². The van der Waals surface area contributed by atoms with Crippen LogP contribution in [0.3, 0.4) is 0 Å². The van der Waals surface area contributed by atoms with E-state index in [1.54, 1.807) is 23.5 Å². The molecule has 0 amide bonds. The SMILES string of the molecule is CSC=CC(SC)C1C(O)C[C@H]2Oc3c(CCCCOC4CCCCO4)cc(Cl)cc3[C@@H]12. The van der Waals surface area contributed by atoms with Crippen molar-refractivity contribution in [3.8, 4) is 5.75 Å². The molecular weight excluding hydrogens is 464 g/mol. The van der Waals surface area contributed by atoms with Gasteiger partial charge in [-0.2, -0.15) is 11.8 Å². The molecule has 2 heterocycles. The maximum absolute atomic E-state index is 10.9. The maximum Gasteiger partial charge on any atom is 0.157 e. The summed E-state index contributed by atoms with van der Waals surface area (Å²) in [4.78, 5) is 0. The van der Waals surface area contributed by atoms with E-state index in [1.165, 1.54) is 17.5 Å². The standard InChI is InChI=1S/C25H35ClO4S2/c1-31-12-9-21(32-2)24-19(27)15-20-23(24)18-14-17(26)13-16(25(18)30-20)7-3-5-10-28-22-8-4-6-11-29-22/h9,12-14,19-24,27H,3-8,10-11,15H2,1-2H3/t19?,20-,21?,22?,23-,24?/m1/s1. The van der Waals surface area contributed by atoms with E-state index in [0.29, 0.717) is 6.42 Å². The van der Waals surface area contributed by atoms with Crippen molar-refractivity contribution < 1.29 is 19.3 Å². The van der Waals surface area contributed by atoms with Crippen LogP contribution in [0, 0.1) is 5.92 Å². The summed E-state index contributed by atoms with van der Waals surface area (Å²) in [5.74, 6) is 1.33.